The number of hydrogen-bond donors (Lipinski definition) is 2. The highest BCUT2D eigenvalue weighted by Crippen LogP contribution is 2.23. The van der Waals surface area contributed by atoms with Crippen LogP contribution in [-0.2, 0) is 0 Å². The third kappa shape index (κ3) is 3.83. The zero-order valence-corrected chi connectivity index (χ0v) is 14.7. The van der Waals surface area contributed by atoms with Gasteiger partial charge in [0, 0.05) is 36.2 Å². The van der Waals surface area contributed by atoms with Crippen LogP contribution in [0.2, 0.25) is 0 Å². The number of carbonyl (C=O) groups is 1. The Hall–Kier alpha value is -2.94. The lowest BCUT2D eigenvalue weighted by Crippen LogP contribution is -2.34. The molecule has 1 amide bonds. The minimum atomic E-state index is -0.167. The number of nitrogens with zero attached hydrogens (tertiary/aromatic N) is 5. The van der Waals surface area contributed by atoms with Crippen LogP contribution < -0.4 is 10.6 Å². The smallest absolute Gasteiger partial charge is 0.272 e. The second kappa shape index (κ2) is 7.52. The van der Waals surface area contributed by atoms with Crippen molar-refractivity contribution in [1.29, 1.82) is 0 Å². The number of rotatable bonds is 5. The number of aromatic nitrogens is 5. The van der Waals surface area contributed by atoms with Gasteiger partial charge < -0.3 is 10.6 Å². The third-order valence-corrected chi connectivity index (χ3v) is 4.79. The van der Waals surface area contributed by atoms with Crippen molar-refractivity contribution in [2.75, 3.05) is 5.32 Å². The molecule has 0 aromatic carbocycles. The quantitative estimate of drug-likeness (QED) is 0.712. The minimum absolute atomic E-state index is 0.114. The molecule has 3 heterocycles. The zero-order chi connectivity index (χ0) is 17.8. The molecule has 1 fully saturated rings. The fourth-order valence-corrected chi connectivity index (χ4v) is 3.47. The van der Waals surface area contributed by atoms with Gasteiger partial charge in [-0.2, -0.15) is 8.75 Å². The van der Waals surface area contributed by atoms with E-state index in [0.717, 1.165) is 42.2 Å². The SMILES string of the molecule is O=C(N[C@H]1CC[C@H](Nc2nccc(-c3cccnc3)n2)C1)c1cnsn1. The fourth-order valence-electron chi connectivity index (χ4n) is 3.05. The first-order valence-electron chi connectivity index (χ1n) is 8.36. The van der Waals surface area contributed by atoms with Gasteiger partial charge >= 0.3 is 0 Å². The molecule has 132 valence electrons. The summed E-state index contributed by atoms with van der Waals surface area (Å²) >= 11 is 1.03. The lowest BCUT2D eigenvalue weighted by Gasteiger charge is -2.14. The number of carbonyl (C=O) groups excluding carboxylic acids is 1. The van der Waals surface area contributed by atoms with Crippen LogP contribution >= 0.6 is 11.7 Å². The Kier molecular flexibility index (Phi) is 4.78. The summed E-state index contributed by atoms with van der Waals surface area (Å²) in [6.07, 6.45) is 9.41. The Morgan fingerprint density at radius 3 is 2.88 bits per heavy atom. The summed E-state index contributed by atoms with van der Waals surface area (Å²) in [4.78, 5) is 25.1. The van der Waals surface area contributed by atoms with E-state index in [1.807, 2.05) is 18.2 Å². The van der Waals surface area contributed by atoms with Crippen molar-refractivity contribution in [2.45, 2.75) is 31.3 Å². The van der Waals surface area contributed by atoms with Gasteiger partial charge in [0.25, 0.3) is 5.91 Å². The molecule has 0 unspecified atom stereocenters. The van der Waals surface area contributed by atoms with Crippen LogP contribution in [-0.4, -0.2) is 41.7 Å². The molecular formula is C17H17N7OS. The molecule has 0 bridgehead atoms. The first-order chi connectivity index (χ1) is 12.8. The number of amides is 1. The maximum Gasteiger partial charge on any atom is 0.272 e. The van der Waals surface area contributed by atoms with Crippen LogP contribution in [0.15, 0.2) is 43.0 Å². The molecule has 0 saturated heterocycles. The van der Waals surface area contributed by atoms with Crippen LogP contribution in [0, 0.1) is 0 Å². The standard InChI is InChI=1S/C17H17N7OS/c25-16(15-10-20-26-24-15)21-12-3-4-13(8-12)22-17-19-7-5-14(23-17)11-2-1-6-18-9-11/h1-2,5-7,9-10,12-13H,3-4,8H2,(H,21,25)(H,19,22,23)/t12-,13-/m0/s1. The first-order valence-corrected chi connectivity index (χ1v) is 9.09. The molecule has 8 nitrogen and oxygen atoms in total. The maximum absolute atomic E-state index is 12.1. The largest absolute Gasteiger partial charge is 0.351 e. The van der Waals surface area contributed by atoms with Gasteiger partial charge in [-0.25, -0.2) is 9.97 Å². The van der Waals surface area contributed by atoms with Crippen LogP contribution in [0.4, 0.5) is 5.95 Å². The van der Waals surface area contributed by atoms with E-state index in [9.17, 15) is 4.79 Å². The Balaban J connectivity index is 1.36. The molecule has 1 aliphatic carbocycles. The van der Waals surface area contributed by atoms with Crippen LogP contribution in [0.3, 0.4) is 0 Å². The molecule has 9 heteroatoms. The van der Waals surface area contributed by atoms with E-state index in [1.54, 1.807) is 18.6 Å². The van der Waals surface area contributed by atoms with Crippen LogP contribution in [0.25, 0.3) is 11.3 Å². The molecule has 0 aliphatic heterocycles. The molecule has 1 aliphatic rings. The van der Waals surface area contributed by atoms with E-state index in [2.05, 4.69) is 34.3 Å². The molecule has 3 aromatic rings. The molecule has 0 spiro atoms. The first kappa shape index (κ1) is 16.5. The lowest BCUT2D eigenvalue weighted by atomic mass is 10.2. The maximum atomic E-state index is 12.1. The molecular weight excluding hydrogens is 350 g/mol. The highest BCUT2D eigenvalue weighted by atomic mass is 32.1. The molecule has 2 N–H and O–H groups in total. The van der Waals surface area contributed by atoms with Gasteiger partial charge in [0.05, 0.1) is 23.6 Å². The van der Waals surface area contributed by atoms with Crippen molar-refractivity contribution in [3.63, 3.8) is 0 Å². The summed E-state index contributed by atoms with van der Waals surface area (Å²) in [6.45, 7) is 0. The van der Waals surface area contributed by atoms with Gasteiger partial charge in [-0.3, -0.25) is 9.78 Å². The van der Waals surface area contributed by atoms with Gasteiger partial charge in [-0.15, -0.1) is 0 Å². The molecule has 3 aromatic heterocycles. The Morgan fingerprint density at radius 2 is 2.08 bits per heavy atom. The van der Waals surface area contributed by atoms with Crippen molar-refractivity contribution in [2.24, 2.45) is 0 Å². The van der Waals surface area contributed by atoms with E-state index in [1.165, 1.54) is 6.20 Å². The normalized spacial score (nSPS) is 19.2. The third-order valence-electron chi connectivity index (χ3n) is 4.31. The van der Waals surface area contributed by atoms with E-state index in [-0.39, 0.29) is 18.0 Å². The Morgan fingerprint density at radius 1 is 1.15 bits per heavy atom. The predicted molar refractivity (Wildman–Crippen MR) is 97.7 cm³/mol. The summed E-state index contributed by atoms with van der Waals surface area (Å²) in [5.74, 6) is 0.422. The summed E-state index contributed by atoms with van der Waals surface area (Å²) in [7, 11) is 0. The zero-order valence-electron chi connectivity index (χ0n) is 13.9. The van der Waals surface area contributed by atoms with Gasteiger partial charge in [0.2, 0.25) is 5.95 Å². The number of pyridine rings is 1. The molecule has 0 radical (unpaired) electrons. The van der Waals surface area contributed by atoms with Crippen LogP contribution in [0.5, 0.6) is 0 Å². The van der Waals surface area contributed by atoms with E-state index < -0.39 is 0 Å². The van der Waals surface area contributed by atoms with Gasteiger partial charge in [0.1, 0.15) is 0 Å². The monoisotopic (exact) mass is 367 g/mol. The number of anilines is 1. The van der Waals surface area contributed by atoms with Gasteiger partial charge in [-0.1, -0.05) is 0 Å². The van der Waals surface area contributed by atoms with Crippen molar-refractivity contribution in [3.05, 3.63) is 48.7 Å². The highest BCUT2D eigenvalue weighted by molar-refractivity contribution is 6.99. The average Bonchev–Trinajstić information content (AvgIpc) is 3.35. The van der Waals surface area contributed by atoms with Crippen molar-refractivity contribution < 1.29 is 4.79 Å². The Labute approximate surface area is 154 Å². The topological polar surface area (TPSA) is 106 Å². The number of nitrogens with one attached hydrogen (secondary N) is 2. The van der Waals surface area contributed by atoms with Crippen molar-refractivity contribution in [3.8, 4) is 11.3 Å². The van der Waals surface area contributed by atoms with E-state index >= 15 is 0 Å². The second-order valence-corrected chi connectivity index (χ2v) is 6.68. The molecule has 4 rings (SSSR count). The summed E-state index contributed by atoms with van der Waals surface area (Å²) in [6, 6.07) is 6.04. The van der Waals surface area contributed by atoms with Crippen molar-refractivity contribution >= 4 is 23.6 Å². The fraction of sp³-hybridized carbons (Fsp3) is 0.294. The molecule has 1 saturated carbocycles. The van der Waals surface area contributed by atoms with E-state index in [4.69, 9.17) is 0 Å². The molecule has 26 heavy (non-hydrogen) atoms. The van der Waals surface area contributed by atoms with Crippen molar-refractivity contribution in [1.82, 2.24) is 29.0 Å². The highest BCUT2D eigenvalue weighted by Gasteiger charge is 2.27. The lowest BCUT2D eigenvalue weighted by molar-refractivity contribution is 0.0933. The van der Waals surface area contributed by atoms with Crippen LogP contribution in [0.1, 0.15) is 29.8 Å². The number of hydrogen-bond acceptors (Lipinski definition) is 8. The summed E-state index contributed by atoms with van der Waals surface area (Å²) in [5.41, 5.74) is 2.15. The van der Waals surface area contributed by atoms with Gasteiger partial charge in [0.15, 0.2) is 5.69 Å². The van der Waals surface area contributed by atoms with E-state index in [0.29, 0.717) is 11.6 Å². The second-order valence-electron chi connectivity index (χ2n) is 6.12. The minimum Gasteiger partial charge on any atom is -0.351 e. The Bertz CT molecular complexity index is 872. The predicted octanol–water partition coefficient (Wildman–Crippen LogP) is 2.15. The van der Waals surface area contributed by atoms with Gasteiger partial charge in [-0.05, 0) is 37.5 Å². The molecule has 2 atom stereocenters. The summed E-state index contributed by atoms with van der Waals surface area (Å²) < 4.78 is 7.82. The summed E-state index contributed by atoms with van der Waals surface area (Å²) in [5, 5.41) is 6.38. The average molecular weight is 367 g/mol.